The third-order valence-corrected chi connectivity index (χ3v) is 89.3. The standard InChI is InChI=1S/C10H30N2O19P16/c1-6(10(14)47(17,30-28-26-24-22-20-16)31-29-27-25-23-21-19-15)11-4-2-7-3-5-12-8(7)9(13)18-40(45(41(32)33)42(34)35)46(43(36)37)44(38)39/h3,5-6,11-12,15-16H,2,4,32-39H2,1H3. The highest BCUT2D eigenvalue weighted by Crippen LogP contribution is 3.21. The van der Waals surface area contributed by atoms with Gasteiger partial charge in [0.1, 0.15) is 5.69 Å². The Balaban J connectivity index is 2.97. The molecule has 10 atom stereocenters. The first-order valence-corrected chi connectivity index (χ1v) is 39.1. The van der Waals surface area contributed by atoms with E-state index < -0.39 is 74.6 Å². The third-order valence-electron chi connectivity index (χ3n) is 4.33. The molecule has 0 saturated heterocycles. The van der Waals surface area contributed by atoms with E-state index in [-0.39, 0.29) is 18.7 Å². The van der Waals surface area contributed by atoms with Crippen molar-refractivity contribution in [3.8, 4) is 0 Å². The number of H-pyrrole nitrogens is 1. The predicted molar refractivity (Wildman–Crippen MR) is 205 cm³/mol. The first-order valence-electron chi connectivity index (χ1n) is 11.1. The summed E-state index contributed by atoms with van der Waals surface area (Å²) in [4.78, 5) is 29.4. The Kier molecular flexibility index (Phi) is 29.4. The molecule has 0 amide bonds. The molecule has 4 N–H and O–H groups in total. The van der Waals surface area contributed by atoms with E-state index in [4.69, 9.17) is 15.0 Å². The number of hydrogen-bond donors (Lipinski definition) is 4. The maximum atomic E-state index is 13.6. The molecule has 274 valence electrons. The molecule has 47 heavy (non-hydrogen) atoms. The van der Waals surface area contributed by atoms with E-state index in [1.54, 1.807) is 12.3 Å². The summed E-state index contributed by atoms with van der Waals surface area (Å²) in [6.45, 7) is -2.00. The largest absolute Gasteiger partial charge is 0.456 e. The molecule has 0 aromatic carbocycles. The van der Waals surface area contributed by atoms with Gasteiger partial charge in [-0.05, 0) is 115 Å². The molecule has 0 aliphatic rings. The zero-order valence-electron chi connectivity index (χ0n) is 23.2. The summed E-state index contributed by atoms with van der Waals surface area (Å²) in [7, 11) is 17.0. The summed E-state index contributed by atoms with van der Waals surface area (Å²) >= 11 is 0. The van der Waals surface area contributed by atoms with Crippen LogP contribution in [0.1, 0.15) is 23.0 Å². The van der Waals surface area contributed by atoms with Gasteiger partial charge in [0.05, 0.1) is 6.04 Å². The van der Waals surface area contributed by atoms with E-state index in [0.29, 0.717) is 5.56 Å². The quantitative estimate of drug-likeness (QED) is 0.0278. The zero-order valence-corrected chi connectivity index (χ0v) is 39.6. The molecular formula is C10H30N2O19P16. The van der Waals surface area contributed by atoms with Crippen LogP contribution in [0.2, 0.25) is 0 Å². The highest BCUT2D eigenvalue weighted by Gasteiger charge is 2.44. The molecule has 0 aliphatic carbocycles. The van der Waals surface area contributed by atoms with E-state index >= 15 is 0 Å². The molecule has 10 unspecified atom stereocenters. The average Bonchev–Trinajstić information content (AvgIpc) is 3.46. The van der Waals surface area contributed by atoms with Gasteiger partial charge in [0.2, 0.25) is 0 Å². The number of hydrogen-bond acceptors (Lipinski definition) is 20. The van der Waals surface area contributed by atoms with Crippen LogP contribution in [0.15, 0.2) is 12.3 Å². The van der Waals surface area contributed by atoms with Crippen LogP contribution in [-0.2, 0) is 85.1 Å². The van der Waals surface area contributed by atoms with Gasteiger partial charge in [0, 0.05) is 20.2 Å². The second kappa shape index (κ2) is 27.9. The van der Waals surface area contributed by atoms with Crippen molar-refractivity contribution >= 4 is 140 Å². The molecule has 0 bridgehead atoms. The maximum Gasteiger partial charge on any atom is 0.456 e. The summed E-state index contributed by atoms with van der Waals surface area (Å²) < 4.78 is 27.8. The molecule has 0 saturated carbocycles. The lowest BCUT2D eigenvalue weighted by molar-refractivity contribution is -0.807. The molecule has 21 nitrogen and oxygen atoms in total. The monoisotopic (exact) mass is 978 g/mol. The summed E-state index contributed by atoms with van der Waals surface area (Å²) in [6.07, 6.45) is 1.82. The Hall–Kier alpha value is 4.46. The van der Waals surface area contributed by atoms with Crippen molar-refractivity contribution in [1.29, 1.82) is 0 Å². The van der Waals surface area contributed by atoms with Gasteiger partial charge in [-0.15, -0.1) is 80.8 Å². The van der Waals surface area contributed by atoms with Gasteiger partial charge >= 0.3 is 13.6 Å². The van der Waals surface area contributed by atoms with E-state index in [9.17, 15) is 14.2 Å². The lowest BCUT2D eigenvalue weighted by Crippen LogP contribution is -2.36. The molecule has 1 aromatic heterocycles. The van der Waals surface area contributed by atoms with Crippen molar-refractivity contribution in [1.82, 2.24) is 10.3 Å². The Morgan fingerprint density at radius 1 is 0.809 bits per heavy atom. The molecule has 1 aromatic rings. The summed E-state index contributed by atoms with van der Waals surface area (Å²) in [5.74, 6) is -0.474. The molecule has 1 rings (SSSR count). The number of carbonyl (C=O) groups excluding carboxylic acids is 2. The van der Waals surface area contributed by atoms with E-state index in [2.05, 4.69) is 146 Å². The minimum absolute atomic E-state index is 0.0736. The van der Waals surface area contributed by atoms with Crippen molar-refractivity contribution in [3.63, 3.8) is 0 Å². The normalized spacial score (nSPS) is 14.3. The van der Waals surface area contributed by atoms with E-state index in [0.717, 1.165) is 0 Å². The highest BCUT2D eigenvalue weighted by atomic mass is 33.3. The second-order valence-electron chi connectivity index (χ2n) is 7.24. The molecule has 0 radical (unpaired) electrons. The van der Waals surface area contributed by atoms with Crippen molar-refractivity contribution in [2.75, 3.05) is 6.54 Å². The molecule has 0 fully saturated rings. The fourth-order valence-electron chi connectivity index (χ4n) is 2.68. The lowest BCUT2D eigenvalue weighted by Gasteiger charge is -2.39. The number of carbonyl (C=O) groups is 2. The van der Waals surface area contributed by atoms with Crippen LogP contribution in [0.25, 0.3) is 0 Å². The summed E-state index contributed by atoms with van der Waals surface area (Å²) in [5.41, 5.74) is -0.456. The topological polar surface area (TPSA) is 249 Å². The first kappa shape index (κ1) is 49.5. The fraction of sp³-hybridized carbons (Fsp3) is 0.400. The smallest absolute Gasteiger partial charge is 0.430 e. The van der Waals surface area contributed by atoms with Crippen molar-refractivity contribution in [3.05, 3.63) is 23.5 Å². The SMILES string of the molecule is CC(NCCc1cc[nH]c1C(=O)OP(P(P(P)P)P(P)P)P(P(P)P)P(P)P)C(=O)P(=O)(OOOOOOO)OOOOOOOO. The summed E-state index contributed by atoms with van der Waals surface area (Å²) in [5, 5.41) is 57.5. The van der Waals surface area contributed by atoms with Crippen LogP contribution < -0.4 is 5.32 Å². The number of nitrogens with one attached hydrogen (secondary N) is 2. The first-order chi connectivity index (χ1) is 22.2. The van der Waals surface area contributed by atoms with Crippen molar-refractivity contribution < 1.29 is 94.0 Å². The van der Waals surface area contributed by atoms with Gasteiger partial charge in [0.15, 0.2) is 7.53 Å². The van der Waals surface area contributed by atoms with Crippen LogP contribution in [0.4, 0.5) is 0 Å². The predicted octanol–water partition coefficient (Wildman–Crippen LogP) is 8.74. The van der Waals surface area contributed by atoms with Gasteiger partial charge in [-0.25, -0.2) is 19.9 Å². The van der Waals surface area contributed by atoms with E-state index in [1.807, 2.05) is 0 Å². The lowest BCUT2D eigenvalue weighted by atomic mass is 10.1. The minimum Gasteiger partial charge on any atom is -0.430 e. The van der Waals surface area contributed by atoms with Crippen LogP contribution in [0.3, 0.4) is 0 Å². The van der Waals surface area contributed by atoms with E-state index in [1.165, 1.54) is 6.92 Å². The van der Waals surface area contributed by atoms with Gasteiger partial charge in [-0.2, -0.15) is 0 Å². The van der Waals surface area contributed by atoms with Crippen molar-refractivity contribution in [2.24, 2.45) is 0 Å². The maximum absolute atomic E-state index is 13.6. The number of aromatic nitrogens is 1. The zero-order chi connectivity index (χ0) is 35.6. The molecular weight excluding hydrogens is 948 g/mol. The molecule has 0 spiro atoms. The third kappa shape index (κ3) is 18.8. The van der Waals surface area contributed by atoms with Crippen LogP contribution in [0.5, 0.6) is 0 Å². The number of rotatable bonds is 27. The van der Waals surface area contributed by atoms with Crippen molar-refractivity contribution in [2.45, 2.75) is 19.4 Å². The Morgan fingerprint density at radius 2 is 1.26 bits per heavy atom. The highest BCUT2D eigenvalue weighted by molar-refractivity contribution is 9.24. The van der Waals surface area contributed by atoms with Gasteiger partial charge < -0.3 is 14.8 Å². The minimum atomic E-state index is -5.14. The van der Waals surface area contributed by atoms with Gasteiger partial charge in [-0.1, -0.05) is 0 Å². The van der Waals surface area contributed by atoms with Crippen LogP contribution >= 0.6 is 128 Å². The average molecular weight is 978 g/mol. The second-order valence-corrected chi connectivity index (χ2v) is 66.3. The van der Waals surface area contributed by atoms with Crippen LogP contribution in [0, 0.1) is 0 Å². The number of aromatic amines is 1. The Morgan fingerprint density at radius 3 is 1.70 bits per heavy atom. The summed E-state index contributed by atoms with van der Waals surface area (Å²) in [6, 6.07) is 0.409. The van der Waals surface area contributed by atoms with Gasteiger partial charge in [-0.3, -0.25) is 4.79 Å². The fourth-order valence-corrected chi connectivity index (χ4v) is 139. The molecule has 1 heterocycles. The molecule has 0 aliphatic heterocycles. The Bertz CT molecular complexity index is 1050. The van der Waals surface area contributed by atoms with Crippen LogP contribution in [-0.4, -0.2) is 39.6 Å². The molecule has 37 heteroatoms. The van der Waals surface area contributed by atoms with Gasteiger partial charge in [0.25, 0.3) is 5.52 Å². The Labute approximate surface area is 292 Å².